The van der Waals surface area contributed by atoms with E-state index in [1.165, 1.54) is 42.4 Å². The van der Waals surface area contributed by atoms with Crippen LogP contribution in [0.15, 0.2) is 63.8 Å². The van der Waals surface area contributed by atoms with Crippen LogP contribution < -0.4 is 10.6 Å². The van der Waals surface area contributed by atoms with Gasteiger partial charge in [-0.25, -0.2) is 14.6 Å². The summed E-state index contributed by atoms with van der Waals surface area (Å²) in [6.07, 6.45) is 15.9. The smallest absolute Gasteiger partial charge is 0.340 e. The normalized spacial score (nSPS) is 36.0. The summed E-state index contributed by atoms with van der Waals surface area (Å²) in [5, 5.41) is 17.3. The lowest BCUT2D eigenvalue weighted by molar-refractivity contribution is -0.135. The second kappa shape index (κ2) is 13.1. The van der Waals surface area contributed by atoms with Crippen molar-refractivity contribution < 1.29 is 24.2 Å². The van der Waals surface area contributed by atoms with Gasteiger partial charge in [-0.2, -0.15) is 0 Å². The van der Waals surface area contributed by atoms with Crippen molar-refractivity contribution in [1.82, 2.24) is 10.3 Å². The summed E-state index contributed by atoms with van der Waals surface area (Å²) in [6.45, 7) is 6.83. The molecule has 3 fully saturated rings. The maximum absolute atomic E-state index is 14.5. The number of rotatable bonds is 5. The number of carbonyl (C=O) groups excluding carboxylic acids is 2. The van der Waals surface area contributed by atoms with Crippen molar-refractivity contribution >= 4 is 39.3 Å². The molecule has 1 aromatic rings. The third-order valence-electron chi connectivity index (χ3n) is 14.0. The average Bonchev–Trinajstić information content (AvgIpc) is 3.83. The van der Waals surface area contributed by atoms with E-state index in [9.17, 15) is 14.7 Å². The van der Waals surface area contributed by atoms with E-state index in [2.05, 4.69) is 47.7 Å². The molecule has 7 bridgehead atoms. The number of aromatic nitrogens is 1. The summed E-state index contributed by atoms with van der Waals surface area (Å²) in [7, 11) is 3.49. The van der Waals surface area contributed by atoms with Crippen LogP contribution in [0.2, 0.25) is 0 Å². The van der Waals surface area contributed by atoms with Crippen LogP contribution in [0.4, 0.5) is 5.82 Å². The number of esters is 2. The molecule has 3 aliphatic heterocycles. The fraction of sp³-hybridized carbons (Fsp3) is 0.634. The summed E-state index contributed by atoms with van der Waals surface area (Å²) in [5.41, 5.74) is 6.12. The molecule has 3 N–H and O–H groups in total. The highest BCUT2D eigenvalue weighted by Crippen LogP contribution is 2.72. The van der Waals surface area contributed by atoms with Crippen molar-refractivity contribution in [2.24, 2.45) is 40.4 Å². The van der Waals surface area contributed by atoms with E-state index in [4.69, 9.17) is 9.47 Å². The number of allylic oxidation sites excluding steroid dienone is 5. The second-order valence-corrected chi connectivity index (χ2v) is 19.1. The quantitative estimate of drug-likeness (QED) is 0.204. The Balaban J connectivity index is 1.21. The Morgan fingerprint density at radius 3 is 2.78 bits per heavy atom. The highest BCUT2D eigenvalue weighted by molar-refractivity contribution is 8.76. The molecule has 272 valence electrons. The Hall–Kier alpha value is -2.53. The lowest BCUT2D eigenvalue weighted by Crippen LogP contribution is -2.53. The monoisotopic (exact) mass is 729 g/mol. The van der Waals surface area contributed by atoms with E-state index < -0.39 is 11.5 Å². The summed E-state index contributed by atoms with van der Waals surface area (Å²) >= 11 is 0. The van der Waals surface area contributed by atoms with Gasteiger partial charge in [0, 0.05) is 29.8 Å². The van der Waals surface area contributed by atoms with E-state index >= 15 is 0 Å². The zero-order valence-corrected chi connectivity index (χ0v) is 31.7. The van der Waals surface area contributed by atoms with Gasteiger partial charge in [-0.1, -0.05) is 53.9 Å². The summed E-state index contributed by atoms with van der Waals surface area (Å²) in [6, 6.07) is 4.20. The van der Waals surface area contributed by atoms with Crippen molar-refractivity contribution in [3.05, 3.63) is 69.4 Å². The van der Waals surface area contributed by atoms with Gasteiger partial charge >= 0.3 is 11.9 Å². The van der Waals surface area contributed by atoms with Crippen molar-refractivity contribution in [2.45, 2.75) is 109 Å². The molecule has 2 saturated carbocycles. The van der Waals surface area contributed by atoms with Crippen LogP contribution in [-0.2, 0) is 25.5 Å². The Morgan fingerprint density at radius 1 is 1.14 bits per heavy atom. The lowest BCUT2D eigenvalue weighted by Gasteiger charge is -2.57. The fourth-order valence-corrected chi connectivity index (χ4v) is 14.2. The number of fused-ring (bicyclic) bond motifs is 3. The zero-order valence-electron chi connectivity index (χ0n) is 30.1. The number of ether oxygens (including phenoxy) is 2. The first-order valence-corrected chi connectivity index (χ1v) is 21.9. The number of anilines is 1. The van der Waals surface area contributed by atoms with Gasteiger partial charge in [0.1, 0.15) is 17.3 Å². The van der Waals surface area contributed by atoms with Gasteiger partial charge in [0.15, 0.2) is 0 Å². The standard InChI is InChI=1S/C41H51N3O5S2/c1-4-40(13-5-6-14-40)29-9-8-25-19-28-26-11-15-41(34(28)33-32(25)36(29)49-38(33)46)30-10-7-22(2)37(43-20-23(3)45)51-50-21-44-31-18-24(12-16-42-31)17-27(26)35(41)39(47)48-30/h10,12,16,18,22-23,25-26,28,34,37,43,45H,4-9,11,13-15,17,19-21H2,1-3H3,(H,42,44)/t22-,23+,25+,26+,28+,34+,37-,41-/m1/s1. The summed E-state index contributed by atoms with van der Waals surface area (Å²) < 4.78 is 13.0. The number of nitrogens with one attached hydrogen (secondary N) is 2. The molecular formula is C41H51N3O5S2. The zero-order chi connectivity index (χ0) is 35.1. The minimum atomic E-state index is -0.670. The van der Waals surface area contributed by atoms with Crippen LogP contribution in [0, 0.1) is 40.4 Å². The SMILES string of the molecule is CCC1(C2=C3OC(=O)C4=C3[C@@H](CC2)C[C@@H]2[C@@H]4[C@]34CC[C@H]2C2=C3C(=O)OC4=CC[C@@H](C)[C@H](NC[C@H](C)O)SSCNc3cc(ccn3)C2)CCCC1. The molecular weight excluding hydrogens is 679 g/mol. The molecule has 1 spiro atoms. The number of pyridine rings is 1. The molecule has 8 atom stereocenters. The first-order chi connectivity index (χ1) is 24.7. The van der Waals surface area contributed by atoms with Crippen LogP contribution in [0.5, 0.6) is 0 Å². The Morgan fingerprint density at radius 2 is 1.98 bits per heavy atom. The van der Waals surface area contributed by atoms with Gasteiger partial charge in [0.2, 0.25) is 0 Å². The number of aliphatic hydroxyl groups excluding tert-OH is 1. The van der Waals surface area contributed by atoms with Crippen LogP contribution in [0.1, 0.15) is 97.0 Å². The summed E-state index contributed by atoms with van der Waals surface area (Å²) in [4.78, 5) is 33.4. The predicted octanol–water partition coefficient (Wildman–Crippen LogP) is 7.98. The topological polar surface area (TPSA) is 110 Å². The minimum Gasteiger partial charge on any atom is -0.427 e. The molecule has 0 radical (unpaired) electrons. The van der Waals surface area contributed by atoms with Crippen molar-refractivity contribution in [3.8, 4) is 0 Å². The highest BCUT2D eigenvalue weighted by Gasteiger charge is 2.69. The third-order valence-corrected chi connectivity index (χ3v) is 16.6. The van der Waals surface area contributed by atoms with Gasteiger partial charge in [-0.05, 0) is 130 Å². The maximum atomic E-state index is 14.5. The van der Waals surface area contributed by atoms with E-state index in [0.717, 1.165) is 72.6 Å². The summed E-state index contributed by atoms with van der Waals surface area (Å²) in [5.74, 6) is 3.65. The van der Waals surface area contributed by atoms with E-state index in [1.807, 2.05) is 6.20 Å². The number of nitrogens with zero attached hydrogens (tertiary/aromatic N) is 1. The Labute approximate surface area is 309 Å². The number of carbonyl (C=O) groups is 2. The molecule has 0 unspecified atom stereocenters. The molecule has 10 heteroatoms. The number of hydrogen-bond acceptors (Lipinski definition) is 10. The van der Waals surface area contributed by atoms with Crippen LogP contribution >= 0.6 is 21.6 Å². The van der Waals surface area contributed by atoms with E-state index in [1.54, 1.807) is 28.5 Å². The van der Waals surface area contributed by atoms with Gasteiger partial charge in [0.25, 0.3) is 0 Å². The van der Waals surface area contributed by atoms with Gasteiger partial charge in [-0.15, -0.1) is 0 Å². The van der Waals surface area contributed by atoms with E-state index in [-0.39, 0.29) is 46.4 Å². The lowest BCUT2D eigenvalue weighted by atomic mass is 9.43. The Bertz CT molecular complexity index is 1770. The van der Waals surface area contributed by atoms with Gasteiger partial charge in [0.05, 0.1) is 28.3 Å². The van der Waals surface area contributed by atoms with Crippen molar-refractivity contribution in [2.75, 3.05) is 17.7 Å². The fourth-order valence-electron chi connectivity index (χ4n) is 11.8. The molecule has 1 saturated heterocycles. The Kier molecular flexibility index (Phi) is 8.80. The van der Waals surface area contributed by atoms with Crippen LogP contribution in [-0.4, -0.2) is 45.9 Å². The van der Waals surface area contributed by atoms with Crippen LogP contribution in [0.25, 0.3) is 0 Å². The minimum absolute atomic E-state index is 0.0606. The molecule has 6 aliphatic carbocycles. The number of hydrogen-bond donors (Lipinski definition) is 3. The maximum Gasteiger partial charge on any atom is 0.340 e. The highest BCUT2D eigenvalue weighted by atomic mass is 33.1. The van der Waals surface area contributed by atoms with Gasteiger partial charge in [-0.3, -0.25) is 0 Å². The molecule has 0 aromatic carbocycles. The van der Waals surface area contributed by atoms with Crippen molar-refractivity contribution in [3.63, 3.8) is 0 Å². The predicted molar refractivity (Wildman–Crippen MR) is 201 cm³/mol. The molecule has 0 amide bonds. The molecule has 10 rings (SSSR count). The first kappa shape index (κ1) is 34.3. The molecule has 9 aliphatic rings. The third kappa shape index (κ3) is 5.35. The van der Waals surface area contributed by atoms with Crippen molar-refractivity contribution in [1.29, 1.82) is 0 Å². The molecule has 8 nitrogen and oxygen atoms in total. The van der Waals surface area contributed by atoms with Gasteiger partial charge < -0.3 is 25.2 Å². The average molecular weight is 730 g/mol. The molecule has 4 heterocycles. The molecule has 1 aromatic heterocycles. The largest absolute Gasteiger partial charge is 0.427 e. The number of aliphatic hydroxyl groups is 1. The molecule has 51 heavy (non-hydrogen) atoms. The second-order valence-electron chi connectivity index (χ2n) is 16.6. The first-order valence-electron chi connectivity index (χ1n) is 19.5. The van der Waals surface area contributed by atoms with E-state index in [0.29, 0.717) is 31.2 Å². The van der Waals surface area contributed by atoms with Crippen LogP contribution in [0.3, 0.4) is 0 Å².